The van der Waals surface area contributed by atoms with E-state index in [2.05, 4.69) is 15.3 Å². The average Bonchev–Trinajstić information content (AvgIpc) is 3.41. The highest BCUT2D eigenvalue weighted by Crippen LogP contribution is 2.30. The molecule has 3 heterocycles. The number of carbonyl (C=O) groups excluding carboxylic acids is 2. The normalized spacial score (nSPS) is 15.6. The number of ketones is 1. The highest BCUT2D eigenvalue weighted by atomic mass is 19.1. The fourth-order valence-corrected chi connectivity index (χ4v) is 4.01. The van der Waals surface area contributed by atoms with Crippen LogP contribution in [0.4, 0.5) is 4.39 Å². The summed E-state index contributed by atoms with van der Waals surface area (Å²) in [5.74, 6) is -0.636. The lowest BCUT2D eigenvalue weighted by atomic mass is 9.95. The monoisotopic (exact) mass is 430 g/mol. The molecule has 0 saturated carbocycles. The number of amides is 1. The lowest BCUT2D eigenvalue weighted by Crippen LogP contribution is -2.36. The second kappa shape index (κ2) is 7.54. The van der Waals surface area contributed by atoms with Crippen molar-refractivity contribution in [1.29, 1.82) is 0 Å². The molecule has 0 fully saturated rings. The second-order valence-electron chi connectivity index (χ2n) is 7.55. The summed E-state index contributed by atoms with van der Waals surface area (Å²) in [6.07, 6.45) is 4.91. The molecule has 32 heavy (non-hydrogen) atoms. The van der Waals surface area contributed by atoms with Crippen LogP contribution in [0.2, 0.25) is 0 Å². The van der Waals surface area contributed by atoms with Crippen molar-refractivity contribution >= 4 is 11.7 Å². The third-order valence-electron chi connectivity index (χ3n) is 5.62. The van der Waals surface area contributed by atoms with Gasteiger partial charge in [-0.3, -0.25) is 19.5 Å². The summed E-state index contributed by atoms with van der Waals surface area (Å²) in [4.78, 5) is 33.5. The molecular weight excluding hydrogens is 411 g/mol. The van der Waals surface area contributed by atoms with Crippen molar-refractivity contribution in [2.45, 2.75) is 19.5 Å². The van der Waals surface area contributed by atoms with Crippen molar-refractivity contribution in [1.82, 2.24) is 24.4 Å². The summed E-state index contributed by atoms with van der Waals surface area (Å²) in [6, 6.07) is 10.5. The number of nitrogens with one attached hydrogen (secondary N) is 1. The standard InChI is InChI=1S/C23H19FN6O2/c1-13-26-7-8-29(13)16-5-6-17(18(24)10-16)20-22(31)21-19(11-27-20)28-12-30(21)15-4-2-3-14(9-15)23(25)32/h2-10,12,20,27H,11H2,1H3,(H2,25,32). The molecule has 1 aliphatic heterocycles. The highest BCUT2D eigenvalue weighted by molar-refractivity contribution is 6.02. The Morgan fingerprint density at radius 1 is 1.16 bits per heavy atom. The number of benzene rings is 2. The molecule has 0 saturated heterocycles. The number of carbonyl (C=O) groups is 2. The molecule has 0 aliphatic carbocycles. The van der Waals surface area contributed by atoms with E-state index in [4.69, 9.17) is 5.73 Å². The first-order chi connectivity index (χ1) is 15.4. The molecule has 1 unspecified atom stereocenters. The maximum atomic E-state index is 15.1. The van der Waals surface area contributed by atoms with Gasteiger partial charge in [0.2, 0.25) is 11.7 Å². The number of imidazole rings is 2. The van der Waals surface area contributed by atoms with E-state index < -0.39 is 17.8 Å². The first-order valence-electron chi connectivity index (χ1n) is 9.98. The fraction of sp³-hybridized carbons (Fsp3) is 0.130. The van der Waals surface area contributed by atoms with E-state index in [1.165, 1.54) is 12.4 Å². The Labute approximate surface area is 182 Å². The number of hydrogen-bond acceptors (Lipinski definition) is 5. The van der Waals surface area contributed by atoms with E-state index in [0.29, 0.717) is 34.9 Å². The molecule has 3 N–H and O–H groups in total. The van der Waals surface area contributed by atoms with Gasteiger partial charge in [0.15, 0.2) is 0 Å². The minimum Gasteiger partial charge on any atom is -0.366 e. The van der Waals surface area contributed by atoms with Crippen LogP contribution in [-0.4, -0.2) is 30.8 Å². The molecule has 1 atom stereocenters. The van der Waals surface area contributed by atoms with Gasteiger partial charge in [-0.2, -0.15) is 0 Å². The summed E-state index contributed by atoms with van der Waals surface area (Å²) < 4.78 is 18.5. The van der Waals surface area contributed by atoms with Gasteiger partial charge in [-0.15, -0.1) is 0 Å². The van der Waals surface area contributed by atoms with E-state index >= 15 is 4.39 Å². The zero-order chi connectivity index (χ0) is 22.4. The summed E-state index contributed by atoms with van der Waals surface area (Å²) >= 11 is 0. The molecule has 160 valence electrons. The third-order valence-corrected chi connectivity index (χ3v) is 5.62. The van der Waals surface area contributed by atoms with Crippen molar-refractivity contribution in [2.24, 2.45) is 5.73 Å². The number of aromatic nitrogens is 4. The molecule has 2 aromatic heterocycles. The number of rotatable bonds is 4. The molecule has 4 aromatic rings. The Bertz CT molecular complexity index is 1370. The van der Waals surface area contributed by atoms with Crippen LogP contribution in [0.3, 0.4) is 0 Å². The van der Waals surface area contributed by atoms with Crippen LogP contribution >= 0.6 is 0 Å². The van der Waals surface area contributed by atoms with Gasteiger partial charge in [0.25, 0.3) is 0 Å². The van der Waals surface area contributed by atoms with Crippen LogP contribution in [0.25, 0.3) is 11.4 Å². The minimum absolute atomic E-state index is 0.251. The SMILES string of the molecule is Cc1nccn1-c1ccc(C2NCc3ncn(-c4cccc(C(N)=O)c4)c3C2=O)c(F)c1. The van der Waals surface area contributed by atoms with E-state index in [0.717, 1.165) is 5.82 Å². The molecule has 1 aliphatic rings. The van der Waals surface area contributed by atoms with Gasteiger partial charge in [0.1, 0.15) is 29.7 Å². The molecule has 0 spiro atoms. The van der Waals surface area contributed by atoms with E-state index in [1.54, 1.807) is 57.9 Å². The van der Waals surface area contributed by atoms with Crippen LogP contribution in [0.5, 0.6) is 0 Å². The fourth-order valence-electron chi connectivity index (χ4n) is 4.01. The average molecular weight is 430 g/mol. The van der Waals surface area contributed by atoms with Crippen molar-refractivity contribution < 1.29 is 14.0 Å². The van der Waals surface area contributed by atoms with Gasteiger partial charge in [0, 0.05) is 41.4 Å². The van der Waals surface area contributed by atoms with Crippen LogP contribution in [-0.2, 0) is 6.54 Å². The number of halogens is 1. The molecular formula is C23H19FN6O2. The van der Waals surface area contributed by atoms with E-state index in [1.807, 2.05) is 6.92 Å². The Morgan fingerprint density at radius 3 is 2.69 bits per heavy atom. The summed E-state index contributed by atoms with van der Waals surface area (Å²) in [5.41, 5.74) is 8.07. The van der Waals surface area contributed by atoms with Gasteiger partial charge in [-0.05, 0) is 37.3 Å². The molecule has 2 aromatic carbocycles. The molecule has 8 nitrogen and oxygen atoms in total. The second-order valence-corrected chi connectivity index (χ2v) is 7.55. The van der Waals surface area contributed by atoms with Gasteiger partial charge in [0.05, 0.1) is 5.69 Å². The quantitative estimate of drug-likeness (QED) is 0.518. The molecule has 9 heteroatoms. The van der Waals surface area contributed by atoms with Crippen molar-refractivity contribution in [3.05, 3.63) is 95.3 Å². The predicted octanol–water partition coefficient (Wildman–Crippen LogP) is 2.63. The number of aryl methyl sites for hydroxylation is 1. The predicted molar refractivity (Wildman–Crippen MR) is 114 cm³/mol. The topological polar surface area (TPSA) is 108 Å². The van der Waals surface area contributed by atoms with Crippen LogP contribution in [0.15, 0.2) is 61.2 Å². The lowest BCUT2D eigenvalue weighted by Gasteiger charge is -2.24. The van der Waals surface area contributed by atoms with Crippen LogP contribution < -0.4 is 11.1 Å². The third kappa shape index (κ3) is 3.19. The smallest absolute Gasteiger partial charge is 0.248 e. The Kier molecular flexibility index (Phi) is 4.67. The number of nitrogens with zero attached hydrogens (tertiary/aromatic N) is 4. The van der Waals surface area contributed by atoms with Gasteiger partial charge in [-0.1, -0.05) is 12.1 Å². The first kappa shape index (κ1) is 19.8. The number of primary amides is 1. The van der Waals surface area contributed by atoms with Gasteiger partial charge < -0.3 is 10.3 Å². The summed E-state index contributed by atoms with van der Waals surface area (Å²) in [5, 5.41) is 3.08. The van der Waals surface area contributed by atoms with Crippen molar-refractivity contribution in [3.8, 4) is 11.4 Å². The van der Waals surface area contributed by atoms with E-state index in [-0.39, 0.29) is 11.3 Å². The highest BCUT2D eigenvalue weighted by Gasteiger charge is 2.34. The Balaban J connectivity index is 1.52. The first-order valence-corrected chi connectivity index (χ1v) is 9.98. The summed E-state index contributed by atoms with van der Waals surface area (Å²) in [7, 11) is 0. The number of hydrogen-bond donors (Lipinski definition) is 2. The maximum Gasteiger partial charge on any atom is 0.248 e. The zero-order valence-corrected chi connectivity index (χ0v) is 17.1. The Morgan fingerprint density at radius 2 is 1.97 bits per heavy atom. The van der Waals surface area contributed by atoms with Crippen molar-refractivity contribution in [3.63, 3.8) is 0 Å². The summed E-state index contributed by atoms with van der Waals surface area (Å²) in [6.45, 7) is 2.13. The number of Topliss-reactive ketones (excluding diaryl/α,β-unsaturated/α-hetero) is 1. The molecule has 0 radical (unpaired) electrons. The number of nitrogens with two attached hydrogens (primary N) is 1. The zero-order valence-electron chi connectivity index (χ0n) is 17.1. The largest absolute Gasteiger partial charge is 0.366 e. The van der Waals surface area contributed by atoms with E-state index in [9.17, 15) is 9.59 Å². The van der Waals surface area contributed by atoms with Gasteiger partial charge >= 0.3 is 0 Å². The maximum absolute atomic E-state index is 15.1. The van der Waals surface area contributed by atoms with Gasteiger partial charge in [-0.25, -0.2) is 14.4 Å². The molecule has 0 bridgehead atoms. The molecule has 1 amide bonds. The number of fused-ring (bicyclic) bond motifs is 1. The molecule has 5 rings (SSSR count). The van der Waals surface area contributed by atoms with Crippen molar-refractivity contribution in [2.75, 3.05) is 0 Å². The van der Waals surface area contributed by atoms with Crippen LogP contribution in [0, 0.1) is 12.7 Å². The van der Waals surface area contributed by atoms with Crippen LogP contribution in [0.1, 0.15) is 44.0 Å². The minimum atomic E-state index is -0.866. The Hall–Kier alpha value is -4.11. The lowest BCUT2D eigenvalue weighted by molar-refractivity contribution is 0.0919.